The predicted octanol–water partition coefficient (Wildman–Crippen LogP) is 4.87. The Balaban J connectivity index is 2.10. The number of hydrogen-bond donors (Lipinski definition) is 1. The number of hydrogen-bond acceptors (Lipinski definition) is 1. The molecule has 0 bridgehead atoms. The highest BCUT2D eigenvalue weighted by Gasteiger charge is 2.30. The molecule has 1 aromatic heterocycles. The molecule has 0 atom stereocenters. The van der Waals surface area contributed by atoms with E-state index >= 15 is 0 Å². The van der Waals surface area contributed by atoms with E-state index in [1.54, 1.807) is 0 Å². The Hall–Kier alpha value is -2.30. The maximum atomic E-state index is 12.7. The molecule has 108 valence electrons. The van der Waals surface area contributed by atoms with Crippen LogP contribution in [0.2, 0.25) is 0 Å². The van der Waals surface area contributed by atoms with E-state index in [0.29, 0.717) is 16.9 Å². The zero-order valence-electron chi connectivity index (χ0n) is 11.5. The summed E-state index contributed by atoms with van der Waals surface area (Å²) in [5.41, 5.74) is 3.38. The van der Waals surface area contributed by atoms with Crippen molar-refractivity contribution >= 4 is 11.0 Å². The number of alkyl halides is 3. The van der Waals surface area contributed by atoms with E-state index < -0.39 is 11.7 Å². The van der Waals surface area contributed by atoms with E-state index in [2.05, 4.69) is 9.97 Å². The summed E-state index contributed by atoms with van der Waals surface area (Å²) in [5.74, 6) is 0.576. The van der Waals surface area contributed by atoms with Crippen LogP contribution in [0.4, 0.5) is 13.2 Å². The number of rotatable bonds is 1. The van der Waals surface area contributed by atoms with Crippen molar-refractivity contribution in [1.82, 2.24) is 9.97 Å². The Bertz CT molecular complexity index is 816. The first kappa shape index (κ1) is 13.7. The molecule has 1 heterocycles. The summed E-state index contributed by atoms with van der Waals surface area (Å²) in [7, 11) is 0. The SMILES string of the molecule is Cc1ccc(-c2nc3ccc(C(F)(F)F)cc3[nH]2)cc1C. The molecule has 0 amide bonds. The molecule has 0 unspecified atom stereocenters. The number of aromatic nitrogens is 2. The van der Waals surface area contributed by atoms with Gasteiger partial charge in [-0.05, 0) is 49.2 Å². The van der Waals surface area contributed by atoms with Gasteiger partial charge in [0, 0.05) is 5.56 Å². The molecule has 0 radical (unpaired) electrons. The Morgan fingerprint density at radius 1 is 0.952 bits per heavy atom. The molecule has 1 N–H and O–H groups in total. The smallest absolute Gasteiger partial charge is 0.338 e. The molecule has 0 spiro atoms. The fourth-order valence-electron chi connectivity index (χ4n) is 2.21. The second-order valence-electron chi connectivity index (χ2n) is 5.11. The minimum Gasteiger partial charge on any atom is -0.338 e. The first-order valence-electron chi connectivity index (χ1n) is 6.49. The maximum absolute atomic E-state index is 12.7. The minimum absolute atomic E-state index is 0.387. The normalized spacial score (nSPS) is 12.0. The Labute approximate surface area is 119 Å². The fraction of sp³-hybridized carbons (Fsp3) is 0.188. The number of halogens is 3. The Morgan fingerprint density at radius 3 is 2.38 bits per heavy atom. The largest absolute Gasteiger partial charge is 0.416 e. The lowest BCUT2D eigenvalue weighted by Crippen LogP contribution is -2.04. The van der Waals surface area contributed by atoms with Crippen LogP contribution >= 0.6 is 0 Å². The third kappa shape index (κ3) is 2.51. The van der Waals surface area contributed by atoms with Crippen molar-refractivity contribution in [3.8, 4) is 11.4 Å². The summed E-state index contributed by atoms with van der Waals surface area (Å²) < 4.78 is 38.1. The van der Waals surface area contributed by atoms with Gasteiger partial charge in [-0.2, -0.15) is 13.2 Å². The lowest BCUT2D eigenvalue weighted by atomic mass is 10.1. The van der Waals surface area contributed by atoms with Gasteiger partial charge >= 0.3 is 6.18 Å². The van der Waals surface area contributed by atoms with Crippen LogP contribution in [-0.2, 0) is 6.18 Å². The van der Waals surface area contributed by atoms with Crippen LogP contribution in [0.3, 0.4) is 0 Å². The second-order valence-corrected chi connectivity index (χ2v) is 5.11. The monoisotopic (exact) mass is 290 g/mol. The van der Waals surface area contributed by atoms with Gasteiger partial charge in [-0.3, -0.25) is 0 Å². The highest BCUT2D eigenvalue weighted by Crippen LogP contribution is 2.31. The van der Waals surface area contributed by atoms with Gasteiger partial charge in [0.15, 0.2) is 0 Å². The quantitative estimate of drug-likeness (QED) is 0.681. The average Bonchev–Trinajstić information content (AvgIpc) is 2.83. The van der Waals surface area contributed by atoms with E-state index in [1.165, 1.54) is 6.07 Å². The Kier molecular flexibility index (Phi) is 3.01. The van der Waals surface area contributed by atoms with Gasteiger partial charge in [0.25, 0.3) is 0 Å². The van der Waals surface area contributed by atoms with Crippen LogP contribution in [0, 0.1) is 13.8 Å². The van der Waals surface area contributed by atoms with Crippen LogP contribution in [0.1, 0.15) is 16.7 Å². The lowest BCUT2D eigenvalue weighted by Gasteiger charge is -2.05. The molecule has 0 aliphatic rings. The summed E-state index contributed by atoms with van der Waals surface area (Å²) in [5, 5.41) is 0. The average molecular weight is 290 g/mol. The molecule has 0 aliphatic heterocycles. The number of fused-ring (bicyclic) bond motifs is 1. The van der Waals surface area contributed by atoms with E-state index in [-0.39, 0.29) is 0 Å². The highest BCUT2D eigenvalue weighted by atomic mass is 19.4. The van der Waals surface area contributed by atoms with E-state index in [4.69, 9.17) is 0 Å². The number of aryl methyl sites for hydroxylation is 2. The number of aromatic amines is 1. The number of nitrogens with zero attached hydrogens (tertiary/aromatic N) is 1. The molecule has 0 aliphatic carbocycles. The number of H-pyrrole nitrogens is 1. The molecule has 2 nitrogen and oxygen atoms in total. The highest BCUT2D eigenvalue weighted by molar-refractivity contribution is 5.80. The van der Waals surface area contributed by atoms with Crippen molar-refractivity contribution in [3.05, 3.63) is 53.1 Å². The first-order chi connectivity index (χ1) is 9.84. The van der Waals surface area contributed by atoms with Crippen molar-refractivity contribution in [2.45, 2.75) is 20.0 Å². The second kappa shape index (κ2) is 4.62. The molecule has 0 fully saturated rings. The van der Waals surface area contributed by atoms with Crippen molar-refractivity contribution in [2.24, 2.45) is 0 Å². The third-order valence-electron chi connectivity index (χ3n) is 3.59. The topological polar surface area (TPSA) is 28.7 Å². The summed E-state index contributed by atoms with van der Waals surface area (Å²) >= 11 is 0. The Morgan fingerprint density at radius 2 is 1.71 bits per heavy atom. The third-order valence-corrected chi connectivity index (χ3v) is 3.59. The van der Waals surface area contributed by atoms with Gasteiger partial charge in [0.2, 0.25) is 0 Å². The standard InChI is InChI=1S/C16H13F3N2/c1-9-3-4-11(7-10(9)2)15-20-13-6-5-12(16(17,18)19)8-14(13)21-15/h3-8H,1-2H3,(H,20,21). The van der Waals surface area contributed by atoms with Crippen LogP contribution in [0.25, 0.3) is 22.4 Å². The summed E-state index contributed by atoms with van der Waals surface area (Å²) in [6.07, 6.45) is -4.35. The van der Waals surface area contributed by atoms with Gasteiger partial charge in [0.05, 0.1) is 16.6 Å². The molecule has 5 heteroatoms. The number of benzene rings is 2. The molecular formula is C16H13F3N2. The molecule has 0 saturated heterocycles. The van der Waals surface area contributed by atoms with Crippen LogP contribution < -0.4 is 0 Å². The van der Waals surface area contributed by atoms with E-state index in [0.717, 1.165) is 28.8 Å². The van der Waals surface area contributed by atoms with Crippen molar-refractivity contribution < 1.29 is 13.2 Å². The van der Waals surface area contributed by atoms with Gasteiger partial charge in [-0.1, -0.05) is 12.1 Å². The van der Waals surface area contributed by atoms with Crippen LogP contribution in [-0.4, -0.2) is 9.97 Å². The zero-order chi connectivity index (χ0) is 15.2. The summed E-state index contributed by atoms with van der Waals surface area (Å²) in [4.78, 5) is 7.31. The minimum atomic E-state index is -4.35. The van der Waals surface area contributed by atoms with Gasteiger partial charge in [0.1, 0.15) is 5.82 Å². The summed E-state index contributed by atoms with van der Waals surface area (Å²) in [6.45, 7) is 4.00. The fourth-order valence-corrected chi connectivity index (χ4v) is 2.21. The van der Waals surface area contributed by atoms with Crippen molar-refractivity contribution in [2.75, 3.05) is 0 Å². The number of nitrogens with one attached hydrogen (secondary N) is 1. The molecule has 3 aromatic rings. The summed E-state index contributed by atoms with van der Waals surface area (Å²) in [6, 6.07) is 9.38. The van der Waals surface area contributed by atoms with Gasteiger partial charge in [-0.15, -0.1) is 0 Å². The molecule has 0 saturated carbocycles. The molecule has 3 rings (SSSR count). The zero-order valence-corrected chi connectivity index (χ0v) is 11.5. The molecular weight excluding hydrogens is 277 g/mol. The van der Waals surface area contributed by atoms with Crippen LogP contribution in [0.5, 0.6) is 0 Å². The van der Waals surface area contributed by atoms with E-state index in [1.807, 2.05) is 32.0 Å². The maximum Gasteiger partial charge on any atom is 0.416 e. The van der Waals surface area contributed by atoms with E-state index in [9.17, 15) is 13.2 Å². The van der Waals surface area contributed by atoms with Gasteiger partial charge < -0.3 is 4.98 Å². The predicted molar refractivity (Wildman–Crippen MR) is 76.0 cm³/mol. The molecule has 2 aromatic carbocycles. The lowest BCUT2D eigenvalue weighted by molar-refractivity contribution is -0.137. The first-order valence-corrected chi connectivity index (χ1v) is 6.49. The van der Waals surface area contributed by atoms with Crippen molar-refractivity contribution in [3.63, 3.8) is 0 Å². The van der Waals surface area contributed by atoms with Gasteiger partial charge in [-0.25, -0.2) is 4.98 Å². The molecule has 21 heavy (non-hydrogen) atoms. The van der Waals surface area contributed by atoms with Crippen molar-refractivity contribution in [1.29, 1.82) is 0 Å². The number of imidazole rings is 1. The van der Waals surface area contributed by atoms with Crippen LogP contribution in [0.15, 0.2) is 36.4 Å².